The molecule has 5 nitrogen and oxygen atoms in total. The number of rotatable bonds is 0. The number of hydrogen-bond donors (Lipinski definition) is 1. The Hall–Kier alpha value is -1.49. The molecule has 0 fully saturated rings. The molecule has 1 amide bonds. The van der Waals surface area contributed by atoms with Crippen LogP contribution >= 0.6 is 11.6 Å². The minimum atomic E-state index is -0.494. The average molecular weight is 284 g/mol. The maximum absolute atomic E-state index is 12.1. The molecule has 1 aliphatic heterocycles. The quantitative estimate of drug-likeness (QED) is 0.795. The Bertz CT molecular complexity index is 485. The van der Waals surface area contributed by atoms with Gasteiger partial charge in [-0.3, -0.25) is 0 Å². The lowest BCUT2D eigenvalue weighted by atomic mass is 10.2. The van der Waals surface area contributed by atoms with Crippen molar-refractivity contribution in [2.45, 2.75) is 32.9 Å². The molecule has 0 aliphatic carbocycles. The molecule has 2 rings (SSSR count). The van der Waals surface area contributed by atoms with Crippen LogP contribution in [0.1, 0.15) is 26.3 Å². The van der Waals surface area contributed by atoms with Gasteiger partial charge in [0.1, 0.15) is 11.4 Å². The van der Waals surface area contributed by atoms with E-state index in [2.05, 4.69) is 10.3 Å². The zero-order valence-corrected chi connectivity index (χ0v) is 12.1. The third-order valence-electron chi connectivity index (χ3n) is 2.62. The summed E-state index contributed by atoms with van der Waals surface area (Å²) in [6.45, 7) is 7.22. The van der Waals surface area contributed by atoms with E-state index in [4.69, 9.17) is 16.3 Å². The van der Waals surface area contributed by atoms with Gasteiger partial charge in [0.15, 0.2) is 0 Å². The fourth-order valence-corrected chi connectivity index (χ4v) is 2.02. The molecular weight excluding hydrogens is 266 g/mol. The number of hydrogen-bond acceptors (Lipinski definition) is 4. The summed E-state index contributed by atoms with van der Waals surface area (Å²) in [5.74, 6) is 0.774. The van der Waals surface area contributed by atoms with Gasteiger partial charge >= 0.3 is 6.09 Å². The lowest BCUT2D eigenvalue weighted by molar-refractivity contribution is 0.0245. The van der Waals surface area contributed by atoms with Gasteiger partial charge in [0.2, 0.25) is 0 Å². The summed E-state index contributed by atoms with van der Waals surface area (Å²) in [4.78, 5) is 18.0. The Morgan fingerprint density at radius 3 is 2.95 bits per heavy atom. The third kappa shape index (κ3) is 3.73. The highest BCUT2D eigenvalue weighted by Crippen LogP contribution is 2.22. The van der Waals surface area contributed by atoms with Gasteiger partial charge in [-0.25, -0.2) is 9.78 Å². The van der Waals surface area contributed by atoms with Gasteiger partial charge in [-0.15, -0.1) is 0 Å². The monoisotopic (exact) mass is 283 g/mol. The van der Waals surface area contributed by atoms with Crippen molar-refractivity contribution in [1.82, 2.24) is 9.88 Å². The number of amides is 1. The second kappa shape index (κ2) is 5.25. The van der Waals surface area contributed by atoms with E-state index in [0.29, 0.717) is 24.7 Å². The average Bonchev–Trinajstić information content (AvgIpc) is 2.48. The number of carbonyl (C=O) groups excluding carboxylic acids is 1. The fraction of sp³-hybridized carbons (Fsp3) is 0.538. The van der Waals surface area contributed by atoms with Gasteiger partial charge in [-0.2, -0.15) is 0 Å². The first-order valence-electron chi connectivity index (χ1n) is 6.21. The largest absolute Gasteiger partial charge is 0.444 e. The third-order valence-corrected chi connectivity index (χ3v) is 2.83. The first-order chi connectivity index (χ1) is 8.85. The van der Waals surface area contributed by atoms with Crippen molar-refractivity contribution in [3.05, 3.63) is 22.8 Å². The smallest absolute Gasteiger partial charge is 0.410 e. The number of carbonyl (C=O) groups is 1. The number of anilines is 1. The van der Waals surface area contributed by atoms with Crippen LogP contribution in [0.2, 0.25) is 5.02 Å². The molecular formula is C13H18ClN3O2. The zero-order chi connectivity index (χ0) is 14.0. The van der Waals surface area contributed by atoms with E-state index in [1.54, 1.807) is 11.1 Å². The Balaban J connectivity index is 2.15. The van der Waals surface area contributed by atoms with Gasteiger partial charge in [0, 0.05) is 24.8 Å². The summed E-state index contributed by atoms with van der Waals surface area (Å²) in [5, 5.41) is 3.74. The predicted molar refractivity (Wildman–Crippen MR) is 74.4 cm³/mol. The van der Waals surface area contributed by atoms with Crippen LogP contribution in [0.5, 0.6) is 0 Å². The Kier molecular flexibility index (Phi) is 3.85. The summed E-state index contributed by atoms with van der Waals surface area (Å²) < 4.78 is 5.38. The standard InChI is InChI=1S/C13H18ClN3O2/c1-13(2,3)19-12(18)17-5-4-15-11-9(8-17)6-10(14)7-16-11/h6-7H,4-5,8H2,1-3H3,(H,15,16). The summed E-state index contributed by atoms with van der Waals surface area (Å²) in [6, 6.07) is 1.82. The van der Waals surface area contributed by atoms with Gasteiger partial charge in [0.05, 0.1) is 11.6 Å². The van der Waals surface area contributed by atoms with Crippen LogP contribution in [0.15, 0.2) is 12.3 Å². The van der Waals surface area contributed by atoms with Crippen molar-refractivity contribution in [3.8, 4) is 0 Å². The number of nitrogens with zero attached hydrogens (tertiary/aromatic N) is 2. The number of ether oxygens (including phenoxy) is 1. The van der Waals surface area contributed by atoms with Crippen molar-refractivity contribution in [2.75, 3.05) is 18.4 Å². The van der Waals surface area contributed by atoms with Crippen LogP contribution in [-0.4, -0.2) is 34.7 Å². The zero-order valence-electron chi connectivity index (χ0n) is 11.4. The lowest BCUT2D eigenvalue weighted by Gasteiger charge is -2.26. The number of pyridine rings is 1. The molecule has 0 saturated carbocycles. The Labute approximate surface area is 117 Å². The van der Waals surface area contributed by atoms with Crippen molar-refractivity contribution in [2.24, 2.45) is 0 Å². The molecule has 1 aliphatic rings. The van der Waals surface area contributed by atoms with Crippen LogP contribution in [-0.2, 0) is 11.3 Å². The second-order valence-electron chi connectivity index (χ2n) is 5.49. The molecule has 19 heavy (non-hydrogen) atoms. The number of fused-ring (bicyclic) bond motifs is 1. The highest BCUT2D eigenvalue weighted by Gasteiger charge is 2.24. The van der Waals surface area contributed by atoms with E-state index in [1.807, 2.05) is 26.8 Å². The van der Waals surface area contributed by atoms with Gasteiger partial charge in [-0.05, 0) is 26.8 Å². The number of halogens is 1. The van der Waals surface area contributed by atoms with E-state index in [1.165, 1.54) is 0 Å². The Morgan fingerprint density at radius 1 is 1.53 bits per heavy atom. The van der Waals surface area contributed by atoms with Gasteiger partial charge < -0.3 is 15.0 Å². The van der Waals surface area contributed by atoms with Crippen molar-refractivity contribution in [3.63, 3.8) is 0 Å². The van der Waals surface area contributed by atoms with Crippen molar-refractivity contribution in [1.29, 1.82) is 0 Å². The van der Waals surface area contributed by atoms with E-state index in [0.717, 1.165) is 11.4 Å². The fourth-order valence-electron chi connectivity index (χ4n) is 1.84. The number of aromatic nitrogens is 1. The topological polar surface area (TPSA) is 54.5 Å². The number of nitrogens with one attached hydrogen (secondary N) is 1. The maximum atomic E-state index is 12.1. The van der Waals surface area contributed by atoms with Crippen LogP contribution in [0, 0.1) is 0 Å². The maximum Gasteiger partial charge on any atom is 0.410 e. The summed E-state index contributed by atoms with van der Waals surface area (Å²) in [6.07, 6.45) is 1.28. The molecule has 0 saturated heterocycles. The predicted octanol–water partition coefficient (Wildman–Crippen LogP) is 2.90. The lowest BCUT2D eigenvalue weighted by Crippen LogP contribution is -2.37. The highest BCUT2D eigenvalue weighted by molar-refractivity contribution is 6.30. The van der Waals surface area contributed by atoms with E-state index in [-0.39, 0.29) is 6.09 Å². The van der Waals surface area contributed by atoms with Crippen LogP contribution < -0.4 is 5.32 Å². The summed E-state index contributed by atoms with van der Waals surface area (Å²) >= 11 is 5.94. The van der Waals surface area contributed by atoms with Crippen LogP contribution in [0.25, 0.3) is 0 Å². The van der Waals surface area contributed by atoms with Gasteiger partial charge in [-0.1, -0.05) is 11.6 Å². The molecule has 1 aromatic heterocycles. The minimum absolute atomic E-state index is 0.317. The summed E-state index contributed by atoms with van der Waals surface area (Å²) in [7, 11) is 0. The van der Waals surface area contributed by atoms with Gasteiger partial charge in [0.25, 0.3) is 0 Å². The normalized spacial score (nSPS) is 15.3. The molecule has 2 heterocycles. The van der Waals surface area contributed by atoms with E-state index >= 15 is 0 Å². The van der Waals surface area contributed by atoms with E-state index < -0.39 is 5.60 Å². The molecule has 0 radical (unpaired) electrons. The molecule has 0 atom stereocenters. The SMILES string of the molecule is CC(C)(C)OC(=O)N1CCNc2ncc(Cl)cc2C1. The van der Waals surface area contributed by atoms with Crippen molar-refractivity contribution >= 4 is 23.5 Å². The molecule has 0 bridgehead atoms. The summed E-state index contributed by atoms with van der Waals surface area (Å²) in [5.41, 5.74) is 0.405. The molecule has 6 heteroatoms. The molecule has 0 aromatic carbocycles. The first-order valence-corrected chi connectivity index (χ1v) is 6.59. The molecule has 1 aromatic rings. The molecule has 0 unspecified atom stereocenters. The van der Waals surface area contributed by atoms with Crippen molar-refractivity contribution < 1.29 is 9.53 Å². The molecule has 1 N–H and O–H groups in total. The Morgan fingerprint density at radius 2 is 2.26 bits per heavy atom. The molecule has 104 valence electrons. The first kappa shape index (κ1) is 13.9. The minimum Gasteiger partial charge on any atom is -0.444 e. The second-order valence-corrected chi connectivity index (χ2v) is 5.93. The van der Waals surface area contributed by atoms with Crippen LogP contribution in [0.4, 0.5) is 10.6 Å². The molecule has 0 spiro atoms. The highest BCUT2D eigenvalue weighted by atomic mass is 35.5. The van der Waals surface area contributed by atoms with Crippen LogP contribution in [0.3, 0.4) is 0 Å². The van der Waals surface area contributed by atoms with E-state index in [9.17, 15) is 4.79 Å².